The lowest BCUT2D eigenvalue weighted by Gasteiger charge is -2.20. The lowest BCUT2D eigenvalue weighted by Crippen LogP contribution is -2.25. The maximum Gasteiger partial charge on any atom is 0.335 e. The summed E-state index contributed by atoms with van der Waals surface area (Å²) in [5, 5.41) is 12.0. The molecule has 0 saturated carbocycles. The molecular weight excluding hydrogens is 358 g/mol. The number of carbonyl (C=O) groups excluding carboxylic acids is 2. The normalized spacial score (nSPS) is 11.0. The fourth-order valence-corrected chi connectivity index (χ4v) is 2.74. The number of nitrogens with one attached hydrogen (secondary N) is 1. The number of amides is 1. The third kappa shape index (κ3) is 6.54. The predicted octanol–water partition coefficient (Wildman–Crippen LogP) is 3.84. The zero-order valence-electron chi connectivity index (χ0n) is 16.3. The molecule has 0 radical (unpaired) electrons. The summed E-state index contributed by atoms with van der Waals surface area (Å²) in [6.45, 7) is 5.40. The average molecular weight is 383 g/mol. The van der Waals surface area contributed by atoms with Crippen LogP contribution in [0.15, 0.2) is 48.5 Å². The molecule has 2 N–H and O–H groups in total. The lowest BCUT2D eigenvalue weighted by atomic mass is 10.0. The molecule has 0 aliphatic carbocycles. The number of aryl methyl sites for hydroxylation is 1. The molecule has 0 saturated heterocycles. The highest BCUT2D eigenvalue weighted by atomic mass is 16.6. The number of benzene rings is 2. The van der Waals surface area contributed by atoms with Gasteiger partial charge in [-0.05, 0) is 50.5 Å². The molecule has 0 aliphatic heterocycles. The van der Waals surface area contributed by atoms with Crippen LogP contribution in [0.1, 0.15) is 48.7 Å². The van der Waals surface area contributed by atoms with Gasteiger partial charge in [-0.15, -0.1) is 0 Å². The van der Waals surface area contributed by atoms with Crippen LogP contribution in [0.3, 0.4) is 0 Å². The predicted molar refractivity (Wildman–Crippen MR) is 106 cm³/mol. The third-order valence-corrected chi connectivity index (χ3v) is 3.92. The molecule has 2 aromatic rings. The monoisotopic (exact) mass is 383 g/mol. The molecule has 1 amide bonds. The SMILES string of the molecule is CC(C)(C)OC(=O)Cc1ccccc1NC(=O)CCc1ccccc1C(=O)O. The summed E-state index contributed by atoms with van der Waals surface area (Å²) in [5.41, 5.74) is 1.43. The Hall–Kier alpha value is -3.15. The van der Waals surface area contributed by atoms with Crippen molar-refractivity contribution in [2.24, 2.45) is 0 Å². The summed E-state index contributed by atoms with van der Waals surface area (Å²) in [4.78, 5) is 35.7. The smallest absolute Gasteiger partial charge is 0.335 e. The number of anilines is 1. The molecule has 6 nitrogen and oxygen atoms in total. The number of rotatable bonds is 7. The van der Waals surface area contributed by atoms with Crippen molar-refractivity contribution < 1.29 is 24.2 Å². The molecule has 2 rings (SSSR count). The largest absolute Gasteiger partial charge is 0.478 e. The number of ether oxygens (including phenoxy) is 1. The number of para-hydroxylation sites is 1. The number of carboxylic acids is 1. The van der Waals surface area contributed by atoms with Crippen LogP contribution in [0, 0.1) is 0 Å². The summed E-state index contributed by atoms with van der Waals surface area (Å²) in [7, 11) is 0. The van der Waals surface area contributed by atoms with E-state index in [1.807, 2.05) is 0 Å². The Kier molecular flexibility index (Phi) is 6.93. The number of hydrogen-bond donors (Lipinski definition) is 2. The van der Waals surface area contributed by atoms with Gasteiger partial charge in [0.15, 0.2) is 0 Å². The molecule has 0 aliphatic rings. The number of aromatic carboxylic acids is 1. The van der Waals surface area contributed by atoms with Crippen LogP contribution in [0.4, 0.5) is 5.69 Å². The van der Waals surface area contributed by atoms with Gasteiger partial charge in [-0.3, -0.25) is 9.59 Å². The molecule has 0 bridgehead atoms. The van der Waals surface area contributed by atoms with E-state index in [0.717, 1.165) is 0 Å². The first kappa shape index (κ1) is 21.2. The van der Waals surface area contributed by atoms with Crippen molar-refractivity contribution in [2.75, 3.05) is 5.32 Å². The van der Waals surface area contributed by atoms with Gasteiger partial charge in [0.1, 0.15) is 5.60 Å². The molecule has 6 heteroatoms. The van der Waals surface area contributed by atoms with Crippen LogP contribution >= 0.6 is 0 Å². The van der Waals surface area contributed by atoms with Crippen molar-refractivity contribution >= 4 is 23.5 Å². The molecule has 28 heavy (non-hydrogen) atoms. The first-order chi connectivity index (χ1) is 13.2. The van der Waals surface area contributed by atoms with Crippen LogP contribution < -0.4 is 5.32 Å². The van der Waals surface area contributed by atoms with Gasteiger partial charge in [0.25, 0.3) is 0 Å². The Morgan fingerprint density at radius 1 is 0.964 bits per heavy atom. The minimum atomic E-state index is -1.02. The average Bonchev–Trinajstić information content (AvgIpc) is 2.60. The summed E-state index contributed by atoms with van der Waals surface area (Å²) >= 11 is 0. The number of hydrogen-bond acceptors (Lipinski definition) is 4. The Labute approximate surface area is 164 Å². The van der Waals surface area contributed by atoms with Crippen molar-refractivity contribution in [1.82, 2.24) is 0 Å². The Morgan fingerprint density at radius 3 is 2.21 bits per heavy atom. The van der Waals surface area contributed by atoms with Gasteiger partial charge in [-0.2, -0.15) is 0 Å². The Morgan fingerprint density at radius 2 is 1.57 bits per heavy atom. The van der Waals surface area contributed by atoms with Crippen LogP contribution in [0.5, 0.6) is 0 Å². The van der Waals surface area contributed by atoms with Crippen LogP contribution in [-0.4, -0.2) is 28.6 Å². The summed E-state index contributed by atoms with van der Waals surface area (Å²) in [6.07, 6.45) is 0.489. The highest BCUT2D eigenvalue weighted by Gasteiger charge is 2.18. The van der Waals surface area contributed by atoms with Gasteiger partial charge in [0.2, 0.25) is 5.91 Å². The van der Waals surface area contributed by atoms with E-state index in [4.69, 9.17) is 4.74 Å². The van der Waals surface area contributed by atoms with Crippen LogP contribution in [-0.2, 0) is 27.2 Å². The standard InChI is InChI=1S/C22H25NO5/c1-22(2,3)28-20(25)14-16-9-5-7-11-18(16)23-19(24)13-12-15-8-4-6-10-17(15)21(26)27/h4-11H,12-14H2,1-3H3,(H,23,24)(H,26,27). The fourth-order valence-electron chi connectivity index (χ4n) is 2.74. The molecule has 148 valence electrons. The van der Waals surface area contributed by atoms with E-state index >= 15 is 0 Å². The number of carboxylic acid groups (broad SMARTS) is 1. The second-order valence-electron chi connectivity index (χ2n) is 7.43. The van der Waals surface area contributed by atoms with Gasteiger partial charge in [0, 0.05) is 12.1 Å². The second kappa shape index (κ2) is 9.17. The molecule has 0 fully saturated rings. The van der Waals surface area contributed by atoms with Crippen molar-refractivity contribution in [3.05, 3.63) is 65.2 Å². The van der Waals surface area contributed by atoms with E-state index in [9.17, 15) is 19.5 Å². The lowest BCUT2D eigenvalue weighted by molar-refractivity contribution is -0.153. The van der Waals surface area contributed by atoms with Crippen LogP contribution in [0.25, 0.3) is 0 Å². The van der Waals surface area contributed by atoms with Crippen molar-refractivity contribution in [1.29, 1.82) is 0 Å². The highest BCUT2D eigenvalue weighted by molar-refractivity contribution is 5.93. The van der Waals surface area contributed by atoms with Gasteiger partial charge in [0.05, 0.1) is 12.0 Å². The van der Waals surface area contributed by atoms with Gasteiger partial charge < -0.3 is 15.2 Å². The van der Waals surface area contributed by atoms with Gasteiger partial charge in [-0.1, -0.05) is 36.4 Å². The van der Waals surface area contributed by atoms with Gasteiger partial charge >= 0.3 is 11.9 Å². The fraction of sp³-hybridized carbons (Fsp3) is 0.318. The summed E-state index contributed by atoms with van der Waals surface area (Å²) < 4.78 is 5.34. The van der Waals surface area contributed by atoms with E-state index < -0.39 is 11.6 Å². The number of esters is 1. The zero-order valence-corrected chi connectivity index (χ0v) is 16.3. The maximum absolute atomic E-state index is 12.4. The number of carbonyl (C=O) groups is 3. The van der Waals surface area contributed by atoms with Crippen molar-refractivity contribution in [3.8, 4) is 0 Å². The van der Waals surface area contributed by atoms with Crippen molar-refractivity contribution in [3.63, 3.8) is 0 Å². The molecule has 2 aromatic carbocycles. The zero-order chi connectivity index (χ0) is 20.7. The van der Waals surface area contributed by atoms with Gasteiger partial charge in [-0.25, -0.2) is 4.79 Å². The van der Waals surface area contributed by atoms with E-state index in [2.05, 4.69) is 5.32 Å². The molecular formula is C22H25NO5. The summed E-state index contributed by atoms with van der Waals surface area (Å²) in [5.74, 6) is -1.64. The topological polar surface area (TPSA) is 92.7 Å². The van der Waals surface area contributed by atoms with E-state index in [1.165, 1.54) is 6.07 Å². The molecule has 0 atom stereocenters. The minimum Gasteiger partial charge on any atom is -0.478 e. The van der Waals surface area contributed by atoms with E-state index in [-0.39, 0.29) is 30.3 Å². The Balaban J connectivity index is 2.01. The minimum absolute atomic E-state index is 0.0512. The maximum atomic E-state index is 12.4. The van der Waals surface area contributed by atoms with E-state index in [0.29, 0.717) is 23.2 Å². The molecule has 0 unspecified atom stereocenters. The Bertz CT molecular complexity index is 867. The second-order valence-corrected chi connectivity index (χ2v) is 7.43. The first-order valence-electron chi connectivity index (χ1n) is 9.06. The van der Waals surface area contributed by atoms with Crippen LogP contribution in [0.2, 0.25) is 0 Å². The molecule has 0 heterocycles. The molecule has 0 aromatic heterocycles. The first-order valence-corrected chi connectivity index (χ1v) is 9.06. The third-order valence-electron chi connectivity index (χ3n) is 3.92. The van der Waals surface area contributed by atoms with E-state index in [1.54, 1.807) is 63.2 Å². The molecule has 0 spiro atoms. The van der Waals surface area contributed by atoms with Crippen molar-refractivity contribution in [2.45, 2.75) is 45.6 Å². The quantitative estimate of drug-likeness (QED) is 0.709. The highest BCUT2D eigenvalue weighted by Crippen LogP contribution is 2.19. The summed E-state index contributed by atoms with van der Waals surface area (Å²) in [6, 6.07) is 13.7.